The molecule has 0 atom stereocenters. The molecule has 0 radical (unpaired) electrons. The number of hydrogen-bond donors (Lipinski definition) is 1. The average Bonchev–Trinajstić information content (AvgIpc) is 2.93. The van der Waals surface area contributed by atoms with Crippen LogP contribution in [0.2, 0.25) is 0 Å². The van der Waals surface area contributed by atoms with Crippen molar-refractivity contribution in [2.75, 3.05) is 14.2 Å². The van der Waals surface area contributed by atoms with Crippen molar-refractivity contribution in [3.63, 3.8) is 0 Å². The van der Waals surface area contributed by atoms with Gasteiger partial charge in [0.15, 0.2) is 17.1 Å². The molecule has 0 fully saturated rings. The van der Waals surface area contributed by atoms with E-state index in [0.717, 1.165) is 5.57 Å². The Morgan fingerprint density at radius 1 is 1.27 bits per heavy atom. The van der Waals surface area contributed by atoms with Gasteiger partial charge < -0.3 is 19.0 Å². The summed E-state index contributed by atoms with van der Waals surface area (Å²) in [6, 6.07) is 1.66. The lowest BCUT2D eigenvalue weighted by molar-refractivity contribution is 0.104. The molecule has 0 saturated heterocycles. The Morgan fingerprint density at radius 3 is 2.59 bits per heavy atom. The summed E-state index contributed by atoms with van der Waals surface area (Å²) in [7, 11) is 2.84. The predicted octanol–water partition coefficient (Wildman–Crippen LogP) is 3.39. The van der Waals surface area contributed by atoms with Crippen molar-refractivity contribution in [2.45, 2.75) is 0 Å². The number of aromatic hydroxyl groups is 1. The minimum Gasteiger partial charge on any atom is -0.504 e. The van der Waals surface area contributed by atoms with Gasteiger partial charge in [0.1, 0.15) is 11.3 Å². The van der Waals surface area contributed by atoms with Crippen molar-refractivity contribution < 1.29 is 23.8 Å². The normalized spacial score (nSPS) is 13.3. The number of rotatable bonds is 5. The topological polar surface area (TPSA) is 68.9 Å². The van der Waals surface area contributed by atoms with Crippen molar-refractivity contribution >= 4 is 16.8 Å². The molecule has 1 aliphatic carbocycles. The first-order chi connectivity index (χ1) is 10.7. The maximum Gasteiger partial charge on any atom is 0.205 e. The standard InChI is InChI=1S/C17H14O5/c1-20-15-11-8-9-22-16(11)17(21-2)14(19)13(15)12(18)7-6-10-4-3-5-10/h3-9,19H,1-2H3/b7-6+. The van der Waals surface area contributed by atoms with E-state index in [-0.39, 0.29) is 28.6 Å². The van der Waals surface area contributed by atoms with Crippen LogP contribution in [0.1, 0.15) is 10.4 Å². The number of hydrogen-bond acceptors (Lipinski definition) is 5. The lowest BCUT2D eigenvalue weighted by Gasteiger charge is -2.13. The van der Waals surface area contributed by atoms with Crippen molar-refractivity contribution in [3.05, 3.63) is 53.8 Å². The second-order valence-electron chi connectivity index (χ2n) is 4.68. The summed E-state index contributed by atoms with van der Waals surface area (Å²) in [4.78, 5) is 12.5. The summed E-state index contributed by atoms with van der Waals surface area (Å²) in [5.74, 6) is -0.304. The van der Waals surface area contributed by atoms with E-state index in [4.69, 9.17) is 13.9 Å². The molecule has 2 aromatic rings. The Labute approximate surface area is 126 Å². The zero-order valence-electron chi connectivity index (χ0n) is 12.1. The Kier molecular flexibility index (Phi) is 3.47. The van der Waals surface area contributed by atoms with Crippen LogP contribution in [0.5, 0.6) is 17.2 Å². The first-order valence-corrected chi connectivity index (χ1v) is 6.62. The molecular formula is C17H14O5. The highest BCUT2D eigenvalue weighted by molar-refractivity contribution is 6.14. The summed E-state index contributed by atoms with van der Waals surface area (Å²) < 4.78 is 15.8. The van der Waals surface area contributed by atoms with Crippen molar-refractivity contribution in [3.8, 4) is 17.2 Å². The summed E-state index contributed by atoms with van der Waals surface area (Å²) >= 11 is 0. The minimum atomic E-state index is -0.378. The summed E-state index contributed by atoms with van der Waals surface area (Å²) in [6.45, 7) is 0. The van der Waals surface area contributed by atoms with Gasteiger partial charge in [-0.2, -0.15) is 0 Å². The van der Waals surface area contributed by atoms with Gasteiger partial charge in [-0.3, -0.25) is 4.79 Å². The fraction of sp³-hybridized carbons (Fsp3) is 0.118. The van der Waals surface area contributed by atoms with Crippen LogP contribution in [-0.2, 0) is 0 Å². The monoisotopic (exact) mass is 298 g/mol. The van der Waals surface area contributed by atoms with E-state index < -0.39 is 0 Å². The number of furan rings is 1. The summed E-state index contributed by atoms with van der Waals surface area (Å²) in [5.41, 5.74) is 1.32. The number of methoxy groups -OCH3 is 2. The lowest BCUT2D eigenvalue weighted by Crippen LogP contribution is -2.02. The lowest BCUT2D eigenvalue weighted by atomic mass is 10.0. The number of ketones is 1. The molecule has 1 N–H and O–H groups in total. The Bertz CT molecular complexity index is 836. The quantitative estimate of drug-likeness (QED) is 0.677. The zero-order chi connectivity index (χ0) is 15.7. The molecule has 0 unspecified atom stereocenters. The third-order valence-electron chi connectivity index (χ3n) is 3.45. The molecule has 0 saturated carbocycles. The van der Waals surface area contributed by atoms with Gasteiger partial charge in [-0.15, -0.1) is 0 Å². The number of benzene rings is 1. The molecule has 0 amide bonds. The minimum absolute atomic E-state index is 0.0494. The van der Waals surface area contributed by atoms with E-state index in [2.05, 4.69) is 0 Å². The molecule has 1 heterocycles. The number of phenolic OH excluding ortho intramolecular Hbond substituents is 1. The van der Waals surface area contributed by atoms with Crippen LogP contribution in [0.15, 0.2) is 52.7 Å². The van der Waals surface area contributed by atoms with Gasteiger partial charge >= 0.3 is 0 Å². The van der Waals surface area contributed by atoms with Gasteiger partial charge in [0.05, 0.1) is 25.9 Å². The average molecular weight is 298 g/mol. The van der Waals surface area contributed by atoms with E-state index in [0.29, 0.717) is 11.0 Å². The third-order valence-corrected chi connectivity index (χ3v) is 3.45. The smallest absolute Gasteiger partial charge is 0.205 e. The van der Waals surface area contributed by atoms with Crippen LogP contribution in [0.3, 0.4) is 0 Å². The maximum atomic E-state index is 12.5. The SMILES string of the molecule is COc1c(C(=O)/C=C/C2=CC=C2)c(O)c(OC)c2occc12. The largest absolute Gasteiger partial charge is 0.504 e. The highest BCUT2D eigenvalue weighted by Crippen LogP contribution is 2.45. The first kappa shape index (κ1) is 14.0. The number of phenols is 1. The molecule has 5 heteroatoms. The Hall–Kier alpha value is -2.95. The van der Waals surface area contributed by atoms with Crippen molar-refractivity contribution in [1.82, 2.24) is 0 Å². The number of allylic oxidation sites excluding steroid dienone is 6. The van der Waals surface area contributed by atoms with E-state index in [1.165, 1.54) is 26.6 Å². The number of carbonyl (C=O) groups excluding carboxylic acids is 1. The van der Waals surface area contributed by atoms with Crippen LogP contribution >= 0.6 is 0 Å². The third kappa shape index (κ3) is 2.07. The molecule has 1 aromatic heterocycles. The molecule has 112 valence electrons. The summed E-state index contributed by atoms with van der Waals surface area (Å²) in [5, 5.41) is 10.9. The predicted molar refractivity (Wildman–Crippen MR) is 81.7 cm³/mol. The molecule has 0 bridgehead atoms. The van der Waals surface area contributed by atoms with Gasteiger partial charge in [-0.05, 0) is 17.7 Å². The molecule has 3 rings (SSSR count). The van der Waals surface area contributed by atoms with Gasteiger partial charge in [-0.25, -0.2) is 0 Å². The van der Waals surface area contributed by atoms with E-state index in [1.807, 2.05) is 18.2 Å². The van der Waals surface area contributed by atoms with Crippen molar-refractivity contribution in [1.29, 1.82) is 0 Å². The van der Waals surface area contributed by atoms with Gasteiger partial charge in [0, 0.05) is 0 Å². The van der Waals surface area contributed by atoms with E-state index in [1.54, 1.807) is 12.1 Å². The highest BCUT2D eigenvalue weighted by atomic mass is 16.5. The Balaban J connectivity index is 2.16. The van der Waals surface area contributed by atoms with Crippen LogP contribution in [0.4, 0.5) is 0 Å². The fourth-order valence-electron chi connectivity index (χ4n) is 2.33. The molecule has 5 nitrogen and oxygen atoms in total. The van der Waals surface area contributed by atoms with Gasteiger partial charge in [-0.1, -0.05) is 24.3 Å². The van der Waals surface area contributed by atoms with Crippen LogP contribution in [-0.4, -0.2) is 25.1 Å². The molecule has 0 aliphatic heterocycles. The highest BCUT2D eigenvalue weighted by Gasteiger charge is 2.26. The van der Waals surface area contributed by atoms with Gasteiger partial charge in [0.2, 0.25) is 5.75 Å². The number of ether oxygens (including phenoxy) is 2. The Morgan fingerprint density at radius 2 is 2.00 bits per heavy atom. The zero-order valence-corrected chi connectivity index (χ0v) is 12.1. The molecule has 22 heavy (non-hydrogen) atoms. The fourth-order valence-corrected chi connectivity index (χ4v) is 2.33. The van der Waals surface area contributed by atoms with Gasteiger partial charge in [0.25, 0.3) is 0 Å². The first-order valence-electron chi connectivity index (χ1n) is 6.62. The van der Waals surface area contributed by atoms with E-state index >= 15 is 0 Å². The molecule has 1 aromatic carbocycles. The maximum absolute atomic E-state index is 12.5. The summed E-state index contributed by atoms with van der Waals surface area (Å²) in [6.07, 6.45) is 10.1. The molecule has 1 aliphatic rings. The molecular weight excluding hydrogens is 284 g/mol. The second-order valence-corrected chi connectivity index (χ2v) is 4.68. The second kappa shape index (κ2) is 5.44. The van der Waals surface area contributed by atoms with Crippen LogP contribution < -0.4 is 9.47 Å². The number of carbonyl (C=O) groups is 1. The number of fused-ring (bicyclic) bond motifs is 1. The van der Waals surface area contributed by atoms with Crippen LogP contribution in [0.25, 0.3) is 11.0 Å². The molecule has 0 spiro atoms. The van der Waals surface area contributed by atoms with E-state index in [9.17, 15) is 9.90 Å². The van der Waals surface area contributed by atoms with Crippen molar-refractivity contribution in [2.24, 2.45) is 0 Å². The van der Waals surface area contributed by atoms with Crippen LogP contribution in [0, 0.1) is 0 Å².